The SMILES string of the molecule is Nc1ncc(Cc2ccc3cc[nH]c3c2)c(Nc2cc(C3CC3)[nH]n2)n1. The van der Waals surface area contributed by atoms with Gasteiger partial charge in [-0.2, -0.15) is 10.1 Å². The van der Waals surface area contributed by atoms with E-state index in [-0.39, 0.29) is 5.95 Å². The Morgan fingerprint density at radius 2 is 2.12 bits per heavy atom. The molecule has 0 spiro atoms. The monoisotopic (exact) mass is 345 g/mol. The molecule has 0 aliphatic heterocycles. The summed E-state index contributed by atoms with van der Waals surface area (Å²) in [7, 11) is 0. The number of aromatic amines is 2. The Kier molecular flexibility index (Phi) is 3.38. The van der Waals surface area contributed by atoms with Crippen LogP contribution >= 0.6 is 0 Å². The zero-order valence-corrected chi connectivity index (χ0v) is 14.2. The van der Waals surface area contributed by atoms with Gasteiger partial charge in [-0.1, -0.05) is 12.1 Å². The maximum atomic E-state index is 5.80. The summed E-state index contributed by atoms with van der Waals surface area (Å²) in [4.78, 5) is 11.8. The Hall–Kier alpha value is -3.35. The highest BCUT2D eigenvalue weighted by Gasteiger charge is 2.25. The molecule has 0 saturated heterocycles. The number of nitrogens with two attached hydrogens (primary N) is 1. The molecule has 3 heterocycles. The molecule has 130 valence electrons. The quantitative estimate of drug-likeness (QED) is 0.443. The van der Waals surface area contributed by atoms with Crippen molar-refractivity contribution in [3.63, 3.8) is 0 Å². The molecule has 1 aliphatic carbocycles. The zero-order valence-electron chi connectivity index (χ0n) is 14.2. The smallest absolute Gasteiger partial charge is 0.221 e. The van der Waals surface area contributed by atoms with Gasteiger partial charge >= 0.3 is 0 Å². The predicted molar refractivity (Wildman–Crippen MR) is 101 cm³/mol. The molecule has 4 aromatic rings. The number of fused-ring (bicyclic) bond motifs is 1. The van der Waals surface area contributed by atoms with E-state index in [4.69, 9.17) is 5.73 Å². The number of rotatable bonds is 5. The number of nitrogen functional groups attached to an aromatic ring is 1. The highest BCUT2D eigenvalue weighted by Crippen LogP contribution is 2.39. The summed E-state index contributed by atoms with van der Waals surface area (Å²) >= 11 is 0. The van der Waals surface area contributed by atoms with Crippen molar-refractivity contribution in [1.29, 1.82) is 0 Å². The second-order valence-electron chi connectivity index (χ2n) is 6.79. The molecule has 7 heteroatoms. The molecule has 1 fully saturated rings. The number of benzene rings is 1. The molecule has 7 nitrogen and oxygen atoms in total. The van der Waals surface area contributed by atoms with Crippen molar-refractivity contribution in [2.24, 2.45) is 0 Å². The number of aromatic nitrogens is 5. The molecule has 1 saturated carbocycles. The van der Waals surface area contributed by atoms with Crippen LogP contribution in [-0.2, 0) is 6.42 Å². The van der Waals surface area contributed by atoms with E-state index in [2.05, 4.69) is 54.7 Å². The lowest BCUT2D eigenvalue weighted by Crippen LogP contribution is -2.05. The normalized spacial score (nSPS) is 14.0. The van der Waals surface area contributed by atoms with Gasteiger partial charge in [0, 0.05) is 47.6 Å². The van der Waals surface area contributed by atoms with Crippen molar-refractivity contribution < 1.29 is 0 Å². The lowest BCUT2D eigenvalue weighted by Gasteiger charge is -2.10. The molecular weight excluding hydrogens is 326 g/mol. The number of anilines is 3. The third-order valence-corrected chi connectivity index (χ3v) is 4.76. The number of nitrogens with zero attached hydrogens (tertiary/aromatic N) is 3. The minimum atomic E-state index is 0.244. The van der Waals surface area contributed by atoms with E-state index in [0.717, 1.165) is 16.9 Å². The standard InChI is InChI=1S/C19H19N7/c20-19-22-10-14(7-11-1-2-13-5-6-21-15(13)8-11)18(24-19)23-17-9-16(25-26-17)12-3-4-12/h1-2,5-6,8-10,12,21H,3-4,7H2,(H4,20,22,23,24,25,26). The molecule has 1 aromatic carbocycles. The van der Waals surface area contributed by atoms with Gasteiger partial charge in [0.25, 0.3) is 0 Å². The fraction of sp³-hybridized carbons (Fsp3) is 0.211. The van der Waals surface area contributed by atoms with Crippen molar-refractivity contribution in [2.75, 3.05) is 11.1 Å². The summed E-state index contributed by atoms with van der Waals surface area (Å²) in [6, 6.07) is 10.5. The van der Waals surface area contributed by atoms with Crippen LogP contribution in [-0.4, -0.2) is 25.1 Å². The molecule has 26 heavy (non-hydrogen) atoms. The molecule has 5 rings (SSSR count). The van der Waals surface area contributed by atoms with Crippen molar-refractivity contribution in [3.8, 4) is 0 Å². The number of hydrogen-bond donors (Lipinski definition) is 4. The van der Waals surface area contributed by atoms with E-state index in [0.29, 0.717) is 18.2 Å². The van der Waals surface area contributed by atoms with Gasteiger partial charge in [-0.15, -0.1) is 0 Å². The van der Waals surface area contributed by atoms with Crippen LogP contribution in [0, 0.1) is 0 Å². The Labute approximate surface area is 150 Å². The van der Waals surface area contributed by atoms with E-state index >= 15 is 0 Å². The molecule has 0 unspecified atom stereocenters. The lowest BCUT2D eigenvalue weighted by molar-refractivity contribution is 0.965. The van der Waals surface area contributed by atoms with E-state index in [1.165, 1.54) is 29.5 Å². The molecule has 0 bridgehead atoms. The lowest BCUT2D eigenvalue weighted by atomic mass is 10.1. The van der Waals surface area contributed by atoms with Gasteiger partial charge in [-0.25, -0.2) is 4.98 Å². The molecule has 3 aromatic heterocycles. The van der Waals surface area contributed by atoms with E-state index in [1.807, 2.05) is 12.3 Å². The van der Waals surface area contributed by atoms with Crippen molar-refractivity contribution >= 4 is 28.5 Å². The predicted octanol–water partition coefficient (Wildman–Crippen LogP) is 3.48. The second kappa shape index (κ2) is 5.87. The van der Waals surface area contributed by atoms with Crippen LogP contribution in [0.3, 0.4) is 0 Å². The highest BCUT2D eigenvalue weighted by molar-refractivity contribution is 5.80. The second-order valence-corrected chi connectivity index (χ2v) is 6.79. The largest absolute Gasteiger partial charge is 0.368 e. The number of H-pyrrole nitrogens is 2. The summed E-state index contributed by atoms with van der Waals surface area (Å²) in [6.07, 6.45) is 6.89. The van der Waals surface area contributed by atoms with Gasteiger partial charge in [-0.05, 0) is 35.9 Å². The summed E-state index contributed by atoms with van der Waals surface area (Å²) in [6.45, 7) is 0. The summed E-state index contributed by atoms with van der Waals surface area (Å²) in [5, 5.41) is 11.9. The number of hydrogen-bond acceptors (Lipinski definition) is 5. The first kappa shape index (κ1) is 14.9. The van der Waals surface area contributed by atoms with Gasteiger partial charge < -0.3 is 16.0 Å². The first-order valence-corrected chi connectivity index (χ1v) is 8.74. The average molecular weight is 345 g/mol. The molecule has 0 radical (unpaired) electrons. The summed E-state index contributed by atoms with van der Waals surface area (Å²) in [5.41, 5.74) is 10.2. The van der Waals surface area contributed by atoms with Crippen LogP contribution in [0.4, 0.5) is 17.6 Å². The van der Waals surface area contributed by atoms with Gasteiger partial charge in [0.15, 0.2) is 5.82 Å². The molecular formula is C19H19N7. The Morgan fingerprint density at radius 3 is 3.00 bits per heavy atom. The van der Waals surface area contributed by atoms with Crippen molar-refractivity contribution in [3.05, 3.63) is 59.5 Å². The fourth-order valence-electron chi connectivity index (χ4n) is 3.21. The van der Waals surface area contributed by atoms with Gasteiger partial charge in [0.2, 0.25) is 5.95 Å². The average Bonchev–Trinajstić information content (AvgIpc) is 3.20. The van der Waals surface area contributed by atoms with Crippen LogP contribution in [0.1, 0.15) is 35.6 Å². The van der Waals surface area contributed by atoms with Crippen LogP contribution in [0.25, 0.3) is 10.9 Å². The highest BCUT2D eigenvalue weighted by atomic mass is 15.2. The third-order valence-electron chi connectivity index (χ3n) is 4.76. The van der Waals surface area contributed by atoms with E-state index < -0.39 is 0 Å². The topological polar surface area (TPSA) is 108 Å². The summed E-state index contributed by atoms with van der Waals surface area (Å²) < 4.78 is 0. The molecule has 0 atom stereocenters. The Morgan fingerprint density at radius 1 is 1.19 bits per heavy atom. The third kappa shape index (κ3) is 2.88. The maximum absolute atomic E-state index is 5.80. The maximum Gasteiger partial charge on any atom is 0.221 e. The molecule has 0 amide bonds. The van der Waals surface area contributed by atoms with Crippen molar-refractivity contribution in [1.82, 2.24) is 25.1 Å². The first-order valence-electron chi connectivity index (χ1n) is 8.74. The minimum absolute atomic E-state index is 0.244. The van der Waals surface area contributed by atoms with Gasteiger partial charge in [-0.3, -0.25) is 5.10 Å². The van der Waals surface area contributed by atoms with Gasteiger partial charge in [0.05, 0.1) is 0 Å². The molecule has 5 N–H and O–H groups in total. The number of nitrogens with one attached hydrogen (secondary N) is 3. The van der Waals surface area contributed by atoms with Gasteiger partial charge in [0.1, 0.15) is 5.82 Å². The summed E-state index contributed by atoms with van der Waals surface area (Å²) in [5.74, 6) is 2.32. The van der Waals surface area contributed by atoms with Crippen LogP contribution in [0.2, 0.25) is 0 Å². The first-order chi connectivity index (χ1) is 12.7. The Bertz CT molecular complexity index is 1070. The van der Waals surface area contributed by atoms with Crippen LogP contribution in [0.15, 0.2) is 42.7 Å². The molecule has 1 aliphatic rings. The minimum Gasteiger partial charge on any atom is -0.368 e. The van der Waals surface area contributed by atoms with E-state index in [9.17, 15) is 0 Å². The fourth-order valence-corrected chi connectivity index (χ4v) is 3.21. The van der Waals surface area contributed by atoms with Crippen LogP contribution in [0.5, 0.6) is 0 Å². The van der Waals surface area contributed by atoms with Crippen LogP contribution < -0.4 is 11.1 Å². The van der Waals surface area contributed by atoms with E-state index in [1.54, 1.807) is 6.20 Å². The van der Waals surface area contributed by atoms with Crippen molar-refractivity contribution in [2.45, 2.75) is 25.2 Å². The zero-order chi connectivity index (χ0) is 17.5. The Balaban J connectivity index is 1.43.